The summed E-state index contributed by atoms with van der Waals surface area (Å²) in [6.45, 7) is 4.68. The first-order valence-electron chi connectivity index (χ1n) is 5.76. The van der Waals surface area contributed by atoms with E-state index in [1.54, 1.807) is 35.4 Å². The lowest BCUT2D eigenvalue weighted by molar-refractivity contribution is 0.0758. The van der Waals surface area contributed by atoms with E-state index in [1.165, 1.54) is 11.3 Å². The maximum Gasteiger partial charge on any atom is 0.273 e. The van der Waals surface area contributed by atoms with Gasteiger partial charge in [-0.1, -0.05) is 23.7 Å². The summed E-state index contributed by atoms with van der Waals surface area (Å²) in [4.78, 5) is 19.1. The highest BCUT2D eigenvalue weighted by Gasteiger charge is 2.16. The number of nitrogens with zero attached hydrogens (tertiary/aromatic N) is 2. The van der Waals surface area contributed by atoms with Crippen LogP contribution in [-0.4, -0.2) is 22.3 Å². The fourth-order valence-corrected chi connectivity index (χ4v) is 2.75. The molecule has 2 aromatic heterocycles. The van der Waals surface area contributed by atoms with Gasteiger partial charge in [-0.15, -0.1) is 17.9 Å². The Morgan fingerprint density at radius 3 is 2.84 bits per heavy atom. The summed E-state index contributed by atoms with van der Waals surface area (Å²) in [5, 5.41) is 0. The average molecular weight is 293 g/mol. The van der Waals surface area contributed by atoms with Crippen LogP contribution in [0.1, 0.15) is 15.4 Å². The van der Waals surface area contributed by atoms with Gasteiger partial charge in [0, 0.05) is 17.6 Å². The Labute approximate surface area is 121 Å². The van der Waals surface area contributed by atoms with Crippen molar-refractivity contribution in [2.45, 2.75) is 6.54 Å². The van der Waals surface area contributed by atoms with Gasteiger partial charge in [0.1, 0.15) is 5.69 Å². The van der Waals surface area contributed by atoms with Crippen LogP contribution in [0.5, 0.6) is 0 Å². The van der Waals surface area contributed by atoms with Gasteiger partial charge < -0.3 is 4.90 Å². The number of aromatic nitrogens is 1. The molecule has 0 aliphatic rings. The Kier molecular flexibility index (Phi) is 4.71. The zero-order chi connectivity index (χ0) is 13.7. The molecule has 98 valence electrons. The Hall–Kier alpha value is -1.65. The lowest BCUT2D eigenvalue weighted by Crippen LogP contribution is -2.30. The zero-order valence-electron chi connectivity index (χ0n) is 10.3. The number of rotatable bonds is 5. The third-order valence-electron chi connectivity index (χ3n) is 2.50. The van der Waals surface area contributed by atoms with Gasteiger partial charge in [-0.25, -0.2) is 0 Å². The molecular formula is C14H13ClN2OS. The second kappa shape index (κ2) is 6.50. The van der Waals surface area contributed by atoms with Crippen molar-refractivity contribution in [1.82, 2.24) is 9.88 Å². The van der Waals surface area contributed by atoms with E-state index in [4.69, 9.17) is 11.6 Å². The molecule has 5 heteroatoms. The van der Waals surface area contributed by atoms with Crippen molar-refractivity contribution in [3.63, 3.8) is 0 Å². The number of thiophene rings is 1. The number of pyridine rings is 1. The number of halogens is 1. The van der Waals surface area contributed by atoms with Crippen LogP contribution >= 0.6 is 22.9 Å². The maximum atomic E-state index is 12.3. The molecule has 0 saturated heterocycles. The SMILES string of the molecule is C=CCN(Cc1ccc(Cl)s1)C(=O)c1ccccn1. The summed E-state index contributed by atoms with van der Waals surface area (Å²) in [6, 6.07) is 9.05. The Bertz CT molecular complexity index is 568. The smallest absolute Gasteiger partial charge is 0.273 e. The molecule has 0 aromatic carbocycles. The average Bonchev–Trinajstić information content (AvgIpc) is 2.84. The molecule has 0 aliphatic heterocycles. The third-order valence-corrected chi connectivity index (χ3v) is 3.71. The molecule has 3 nitrogen and oxygen atoms in total. The lowest BCUT2D eigenvalue weighted by Gasteiger charge is -2.19. The van der Waals surface area contributed by atoms with Crippen LogP contribution in [0.2, 0.25) is 4.34 Å². The summed E-state index contributed by atoms with van der Waals surface area (Å²) in [5.41, 5.74) is 0.437. The first-order valence-corrected chi connectivity index (χ1v) is 6.95. The summed E-state index contributed by atoms with van der Waals surface area (Å²) in [5.74, 6) is -0.106. The normalized spacial score (nSPS) is 10.2. The molecule has 19 heavy (non-hydrogen) atoms. The predicted molar refractivity (Wildman–Crippen MR) is 78.5 cm³/mol. The molecule has 0 atom stereocenters. The summed E-state index contributed by atoms with van der Waals surface area (Å²) in [7, 11) is 0. The first-order chi connectivity index (χ1) is 9.20. The van der Waals surface area contributed by atoms with Crippen LogP contribution in [0.15, 0.2) is 49.2 Å². The third kappa shape index (κ3) is 3.66. The summed E-state index contributed by atoms with van der Waals surface area (Å²) in [6.07, 6.45) is 3.32. The van der Waals surface area contributed by atoms with Crippen molar-refractivity contribution < 1.29 is 4.79 Å². The highest BCUT2D eigenvalue weighted by molar-refractivity contribution is 7.16. The minimum atomic E-state index is -0.106. The molecule has 2 aromatic rings. The van der Waals surface area contributed by atoms with Gasteiger partial charge in [-0.3, -0.25) is 9.78 Å². The van der Waals surface area contributed by atoms with Gasteiger partial charge in [0.25, 0.3) is 5.91 Å². The largest absolute Gasteiger partial charge is 0.328 e. The number of amides is 1. The van der Waals surface area contributed by atoms with Crippen LogP contribution in [0.4, 0.5) is 0 Å². The summed E-state index contributed by atoms with van der Waals surface area (Å²) < 4.78 is 0.721. The van der Waals surface area contributed by atoms with Gasteiger partial charge in [-0.2, -0.15) is 0 Å². The molecule has 0 spiro atoms. The van der Waals surface area contributed by atoms with Crippen molar-refractivity contribution in [2.75, 3.05) is 6.54 Å². The van der Waals surface area contributed by atoms with Crippen LogP contribution < -0.4 is 0 Å². The predicted octanol–water partition coefficient (Wildman–Crippen LogP) is 3.62. The molecule has 0 unspecified atom stereocenters. The molecule has 0 N–H and O–H groups in total. The molecule has 0 aliphatic carbocycles. The standard InChI is InChI=1S/C14H13ClN2OS/c1-2-9-17(10-11-6-7-13(15)19-11)14(18)12-5-3-4-8-16-12/h2-8H,1,9-10H2. The van der Waals surface area contributed by atoms with Crippen LogP contribution in [0, 0.1) is 0 Å². The highest BCUT2D eigenvalue weighted by Crippen LogP contribution is 2.23. The minimum Gasteiger partial charge on any atom is -0.328 e. The van der Waals surface area contributed by atoms with Gasteiger partial charge >= 0.3 is 0 Å². The van der Waals surface area contributed by atoms with Crippen molar-refractivity contribution in [3.05, 3.63) is 64.1 Å². The second-order valence-corrected chi connectivity index (χ2v) is 5.69. The molecule has 0 saturated carbocycles. The van der Waals surface area contributed by atoms with Crippen molar-refractivity contribution >= 4 is 28.8 Å². The first kappa shape index (κ1) is 13.8. The number of hydrogen-bond donors (Lipinski definition) is 0. The van der Waals surface area contributed by atoms with E-state index in [0.29, 0.717) is 18.8 Å². The molecule has 0 radical (unpaired) electrons. The molecule has 1 amide bonds. The number of carbonyl (C=O) groups excluding carboxylic acids is 1. The number of hydrogen-bond acceptors (Lipinski definition) is 3. The monoisotopic (exact) mass is 292 g/mol. The quantitative estimate of drug-likeness (QED) is 0.789. The van der Waals surface area contributed by atoms with Crippen LogP contribution in [0.3, 0.4) is 0 Å². The van der Waals surface area contributed by atoms with Gasteiger partial charge in [-0.05, 0) is 24.3 Å². The van der Waals surface area contributed by atoms with E-state index in [1.807, 2.05) is 12.1 Å². The fourth-order valence-electron chi connectivity index (χ4n) is 1.65. The minimum absolute atomic E-state index is 0.106. The van der Waals surface area contributed by atoms with E-state index < -0.39 is 0 Å². The summed E-state index contributed by atoms with van der Waals surface area (Å²) >= 11 is 7.37. The van der Waals surface area contributed by atoms with E-state index in [0.717, 1.165) is 9.21 Å². The van der Waals surface area contributed by atoms with Crippen molar-refractivity contribution in [2.24, 2.45) is 0 Å². The van der Waals surface area contributed by atoms with Crippen LogP contribution in [-0.2, 0) is 6.54 Å². The van der Waals surface area contributed by atoms with E-state index in [2.05, 4.69) is 11.6 Å². The van der Waals surface area contributed by atoms with Crippen molar-refractivity contribution in [3.8, 4) is 0 Å². The van der Waals surface area contributed by atoms with E-state index in [9.17, 15) is 4.79 Å². The Morgan fingerprint density at radius 1 is 1.42 bits per heavy atom. The maximum absolute atomic E-state index is 12.3. The topological polar surface area (TPSA) is 33.2 Å². The van der Waals surface area contributed by atoms with Crippen LogP contribution in [0.25, 0.3) is 0 Å². The van der Waals surface area contributed by atoms with Gasteiger partial charge in [0.2, 0.25) is 0 Å². The molecule has 2 rings (SSSR count). The molecule has 0 bridgehead atoms. The van der Waals surface area contributed by atoms with E-state index >= 15 is 0 Å². The Morgan fingerprint density at radius 2 is 2.26 bits per heavy atom. The van der Waals surface area contributed by atoms with Gasteiger partial charge in [0.05, 0.1) is 10.9 Å². The number of carbonyl (C=O) groups is 1. The second-order valence-electron chi connectivity index (χ2n) is 3.90. The molecule has 2 heterocycles. The Balaban J connectivity index is 2.15. The molecular weight excluding hydrogens is 280 g/mol. The molecule has 0 fully saturated rings. The highest BCUT2D eigenvalue weighted by atomic mass is 35.5. The lowest BCUT2D eigenvalue weighted by atomic mass is 10.3. The zero-order valence-corrected chi connectivity index (χ0v) is 11.8. The fraction of sp³-hybridized carbons (Fsp3) is 0.143. The van der Waals surface area contributed by atoms with Crippen molar-refractivity contribution in [1.29, 1.82) is 0 Å². The van der Waals surface area contributed by atoms with E-state index in [-0.39, 0.29) is 5.91 Å². The van der Waals surface area contributed by atoms with Gasteiger partial charge in [0.15, 0.2) is 0 Å².